The molecule has 3 rings (SSSR count). The Morgan fingerprint density at radius 2 is 1.81 bits per heavy atom. The molecule has 1 aromatic heterocycles. The number of hydrogen-bond acceptors (Lipinski definition) is 4. The lowest BCUT2D eigenvalue weighted by molar-refractivity contribution is 0.593. The third-order valence-electron chi connectivity index (χ3n) is 3.61. The van der Waals surface area contributed by atoms with E-state index in [1.54, 1.807) is 18.2 Å². The molecule has 0 fully saturated rings. The summed E-state index contributed by atoms with van der Waals surface area (Å²) in [4.78, 5) is 0. The molecule has 8 heteroatoms. The summed E-state index contributed by atoms with van der Waals surface area (Å²) in [5.41, 5.74) is 2.89. The molecule has 2 aromatic rings. The zero-order chi connectivity index (χ0) is 15.4. The minimum Gasteiger partial charge on any atom is -0.284 e. The van der Waals surface area contributed by atoms with Crippen molar-refractivity contribution < 1.29 is 16.8 Å². The van der Waals surface area contributed by atoms with Crippen LogP contribution < -0.4 is 4.72 Å². The van der Waals surface area contributed by atoms with Gasteiger partial charge in [-0.1, -0.05) is 0 Å². The summed E-state index contributed by atoms with van der Waals surface area (Å²) >= 11 is 0. The lowest BCUT2D eigenvalue weighted by atomic mass is 10.1. The van der Waals surface area contributed by atoms with E-state index in [2.05, 4.69) is 4.72 Å². The molecule has 1 aromatic carbocycles. The summed E-state index contributed by atoms with van der Waals surface area (Å²) in [5.74, 6) is 0. The van der Waals surface area contributed by atoms with Crippen molar-refractivity contribution in [2.24, 2.45) is 0 Å². The highest BCUT2D eigenvalue weighted by molar-refractivity contribution is 7.92. The minimum absolute atomic E-state index is 0.449. The third-order valence-corrected chi connectivity index (χ3v) is 5.30. The molecule has 0 bridgehead atoms. The Bertz CT molecular complexity index is 940. The first-order valence-corrected chi connectivity index (χ1v) is 10.3. The van der Waals surface area contributed by atoms with Crippen LogP contribution >= 0.6 is 0 Å². The SMILES string of the molecule is CS(=O)(=O)Nc1ccc2c(c1)c1c(n2S(C)(=O)=O)CCC1. The Kier molecular flexibility index (Phi) is 3.07. The van der Waals surface area contributed by atoms with Crippen LogP contribution in [0, 0.1) is 0 Å². The van der Waals surface area contributed by atoms with Crippen molar-refractivity contribution >= 4 is 36.6 Å². The molecular formula is C13H16N2O4S2. The van der Waals surface area contributed by atoms with Crippen LogP contribution in [-0.4, -0.2) is 33.3 Å². The van der Waals surface area contributed by atoms with Gasteiger partial charge in [0.2, 0.25) is 20.0 Å². The number of aromatic nitrogens is 1. The lowest BCUT2D eigenvalue weighted by Gasteiger charge is -2.07. The maximum absolute atomic E-state index is 12.0. The normalized spacial score (nSPS) is 15.3. The largest absolute Gasteiger partial charge is 0.284 e. The van der Waals surface area contributed by atoms with Crippen LogP contribution in [-0.2, 0) is 32.9 Å². The highest BCUT2D eigenvalue weighted by atomic mass is 32.2. The molecule has 0 spiro atoms. The first kappa shape index (κ1) is 14.4. The molecule has 0 amide bonds. The average molecular weight is 328 g/mol. The van der Waals surface area contributed by atoms with Crippen LogP contribution in [0.1, 0.15) is 17.7 Å². The van der Waals surface area contributed by atoms with Crippen molar-refractivity contribution in [2.75, 3.05) is 17.2 Å². The van der Waals surface area contributed by atoms with Gasteiger partial charge in [-0.25, -0.2) is 20.8 Å². The second-order valence-corrected chi connectivity index (χ2v) is 8.99. The molecule has 1 aliphatic carbocycles. The molecule has 6 nitrogen and oxygen atoms in total. The molecular weight excluding hydrogens is 312 g/mol. The lowest BCUT2D eigenvalue weighted by Crippen LogP contribution is -2.12. The van der Waals surface area contributed by atoms with E-state index in [0.29, 0.717) is 11.2 Å². The maximum Gasteiger partial charge on any atom is 0.236 e. The smallest absolute Gasteiger partial charge is 0.236 e. The van der Waals surface area contributed by atoms with E-state index in [-0.39, 0.29) is 0 Å². The zero-order valence-corrected chi connectivity index (χ0v) is 13.4. The Morgan fingerprint density at radius 1 is 1.10 bits per heavy atom. The predicted molar refractivity (Wildman–Crippen MR) is 82.7 cm³/mol. The van der Waals surface area contributed by atoms with E-state index in [1.165, 1.54) is 10.2 Å². The van der Waals surface area contributed by atoms with E-state index in [1.807, 2.05) is 0 Å². The van der Waals surface area contributed by atoms with Gasteiger partial charge in [-0.3, -0.25) is 4.72 Å². The summed E-state index contributed by atoms with van der Waals surface area (Å²) < 4.78 is 50.5. The minimum atomic E-state index is -3.38. The van der Waals surface area contributed by atoms with Crippen LogP contribution in [0.25, 0.3) is 10.9 Å². The van der Waals surface area contributed by atoms with Gasteiger partial charge in [0.1, 0.15) is 0 Å². The number of hydrogen-bond donors (Lipinski definition) is 1. The van der Waals surface area contributed by atoms with Gasteiger partial charge in [0.05, 0.1) is 18.0 Å². The van der Waals surface area contributed by atoms with E-state index in [0.717, 1.165) is 42.2 Å². The van der Waals surface area contributed by atoms with E-state index in [4.69, 9.17) is 0 Å². The molecule has 1 aliphatic rings. The number of nitrogens with zero attached hydrogens (tertiary/aromatic N) is 1. The zero-order valence-electron chi connectivity index (χ0n) is 11.8. The molecule has 0 saturated heterocycles. The molecule has 114 valence electrons. The van der Waals surface area contributed by atoms with Crippen molar-refractivity contribution in [2.45, 2.75) is 19.3 Å². The van der Waals surface area contributed by atoms with E-state index in [9.17, 15) is 16.8 Å². The number of benzene rings is 1. The van der Waals surface area contributed by atoms with Crippen molar-refractivity contribution in [1.29, 1.82) is 0 Å². The molecule has 0 saturated carbocycles. The second-order valence-electron chi connectivity index (χ2n) is 5.41. The van der Waals surface area contributed by atoms with Crippen LogP contribution in [0.3, 0.4) is 0 Å². The van der Waals surface area contributed by atoms with E-state index >= 15 is 0 Å². The maximum atomic E-state index is 12.0. The Hall–Kier alpha value is -1.54. The topological polar surface area (TPSA) is 85.2 Å². The predicted octanol–water partition coefficient (Wildman–Crippen LogP) is 1.31. The quantitative estimate of drug-likeness (QED) is 0.920. The first-order valence-electron chi connectivity index (χ1n) is 6.51. The monoisotopic (exact) mass is 328 g/mol. The van der Waals surface area contributed by atoms with Crippen LogP contribution in [0.15, 0.2) is 18.2 Å². The Balaban J connectivity index is 2.29. The number of nitrogens with one attached hydrogen (secondary N) is 1. The number of aryl methyl sites for hydroxylation is 1. The highest BCUT2D eigenvalue weighted by Crippen LogP contribution is 2.35. The van der Waals surface area contributed by atoms with Crippen molar-refractivity contribution in [3.63, 3.8) is 0 Å². The standard InChI is InChI=1S/C13H16N2O4S2/c1-20(16,17)14-9-6-7-13-11(8-9)10-4-3-5-12(10)15(13)21(2,18)19/h6-8,14H,3-5H2,1-2H3. The fourth-order valence-corrected chi connectivity index (χ4v) is 4.67. The molecule has 1 N–H and O–H groups in total. The summed E-state index contributed by atoms with van der Waals surface area (Å²) in [6, 6.07) is 4.95. The third kappa shape index (κ3) is 2.53. The molecule has 0 radical (unpaired) electrons. The van der Waals surface area contributed by atoms with Gasteiger partial charge in [-0.2, -0.15) is 0 Å². The molecule has 21 heavy (non-hydrogen) atoms. The Morgan fingerprint density at radius 3 is 2.43 bits per heavy atom. The highest BCUT2D eigenvalue weighted by Gasteiger charge is 2.25. The van der Waals surface area contributed by atoms with Gasteiger partial charge >= 0.3 is 0 Å². The fourth-order valence-electron chi connectivity index (χ4n) is 3.00. The van der Waals surface area contributed by atoms with Gasteiger partial charge in [0, 0.05) is 16.8 Å². The second kappa shape index (κ2) is 4.48. The number of sulfonamides is 1. The summed E-state index contributed by atoms with van der Waals surface area (Å²) in [5, 5.41) is 0.807. The van der Waals surface area contributed by atoms with Gasteiger partial charge in [0.25, 0.3) is 0 Å². The van der Waals surface area contributed by atoms with E-state index < -0.39 is 20.0 Å². The summed E-state index contributed by atoms with van der Waals surface area (Å²) in [6.07, 6.45) is 4.74. The number of fused-ring (bicyclic) bond motifs is 3. The van der Waals surface area contributed by atoms with Gasteiger partial charge in [-0.05, 0) is 43.0 Å². The van der Waals surface area contributed by atoms with Crippen LogP contribution in [0.4, 0.5) is 5.69 Å². The van der Waals surface area contributed by atoms with Crippen LogP contribution in [0.2, 0.25) is 0 Å². The first-order chi connectivity index (χ1) is 9.67. The Labute approximate surface area is 123 Å². The number of rotatable bonds is 3. The number of anilines is 1. The molecule has 0 unspecified atom stereocenters. The van der Waals surface area contributed by atoms with Crippen molar-refractivity contribution in [1.82, 2.24) is 3.97 Å². The molecule has 0 aliphatic heterocycles. The molecule has 1 heterocycles. The van der Waals surface area contributed by atoms with Gasteiger partial charge in [-0.15, -0.1) is 0 Å². The summed E-state index contributed by atoms with van der Waals surface area (Å²) in [7, 11) is -6.74. The van der Waals surface area contributed by atoms with Gasteiger partial charge in [0.15, 0.2) is 0 Å². The van der Waals surface area contributed by atoms with Crippen molar-refractivity contribution in [3.8, 4) is 0 Å². The van der Waals surface area contributed by atoms with Crippen LogP contribution in [0.5, 0.6) is 0 Å². The summed E-state index contributed by atoms with van der Waals surface area (Å²) in [6.45, 7) is 0. The van der Waals surface area contributed by atoms with Gasteiger partial charge < -0.3 is 0 Å². The average Bonchev–Trinajstić information content (AvgIpc) is 2.84. The molecule has 0 atom stereocenters. The fraction of sp³-hybridized carbons (Fsp3) is 0.385. The van der Waals surface area contributed by atoms with Crippen molar-refractivity contribution in [3.05, 3.63) is 29.5 Å².